The van der Waals surface area contributed by atoms with E-state index in [1.807, 2.05) is 79.7 Å². The molecule has 0 atom stereocenters. The smallest absolute Gasteiger partial charge is 0.262 e. The number of carbonyl (C=O) groups excluding carboxylic acids is 2. The fourth-order valence-electron chi connectivity index (χ4n) is 3.35. The summed E-state index contributed by atoms with van der Waals surface area (Å²) in [5.74, 6) is -0.0521. The zero-order valence-corrected chi connectivity index (χ0v) is 18.7. The number of ether oxygens (including phenoxy) is 1. The minimum absolute atomic E-state index is 0.157. The SMILES string of the molecule is Cc1cccc(OCC(=O)Nc2ccccc2C(=O)Nc2ccc(Nc3ccccc3)cc2)c1. The summed E-state index contributed by atoms with van der Waals surface area (Å²) in [6.07, 6.45) is 0. The molecule has 0 radical (unpaired) electrons. The van der Waals surface area contributed by atoms with Crippen LogP contribution in [0.1, 0.15) is 15.9 Å². The van der Waals surface area contributed by atoms with Gasteiger partial charge >= 0.3 is 0 Å². The molecule has 34 heavy (non-hydrogen) atoms. The molecular formula is C28H25N3O3. The lowest BCUT2D eigenvalue weighted by Gasteiger charge is -2.13. The third-order valence-corrected chi connectivity index (χ3v) is 5.01. The normalized spacial score (nSPS) is 10.3. The number of hydrogen-bond donors (Lipinski definition) is 3. The van der Waals surface area contributed by atoms with E-state index in [-0.39, 0.29) is 18.4 Å². The predicted octanol–water partition coefficient (Wildman–Crippen LogP) is 6.01. The Morgan fingerprint density at radius 2 is 1.38 bits per heavy atom. The van der Waals surface area contributed by atoms with Crippen LogP contribution < -0.4 is 20.7 Å². The maximum Gasteiger partial charge on any atom is 0.262 e. The van der Waals surface area contributed by atoms with Crippen LogP contribution in [0.5, 0.6) is 5.75 Å². The van der Waals surface area contributed by atoms with Gasteiger partial charge in [0, 0.05) is 17.1 Å². The van der Waals surface area contributed by atoms with E-state index in [4.69, 9.17) is 4.74 Å². The van der Waals surface area contributed by atoms with Crippen molar-refractivity contribution in [3.05, 3.63) is 114 Å². The van der Waals surface area contributed by atoms with Gasteiger partial charge in [0.05, 0.1) is 11.3 Å². The highest BCUT2D eigenvalue weighted by molar-refractivity contribution is 6.10. The van der Waals surface area contributed by atoms with E-state index in [2.05, 4.69) is 16.0 Å². The molecular weight excluding hydrogens is 426 g/mol. The Hall–Kier alpha value is -4.58. The summed E-state index contributed by atoms with van der Waals surface area (Å²) in [6, 6.07) is 31.6. The van der Waals surface area contributed by atoms with Crippen LogP contribution in [-0.2, 0) is 4.79 Å². The average Bonchev–Trinajstić information content (AvgIpc) is 2.85. The van der Waals surface area contributed by atoms with Crippen molar-refractivity contribution in [3.8, 4) is 5.75 Å². The van der Waals surface area contributed by atoms with Gasteiger partial charge in [0.15, 0.2) is 6.61 Å². The first-order valence-corrected chi connectivity index (χ1v) is 10.9. The number of amides is 2. The Labute approximate surface area is 198 Å². The minimum atomic E-state index is -0.349. The molecule has 0 bridgehead atoms. The molecule has 0 saturated carbocycles. The highest BCUT2D eigenvalue weighted by Crippen LogP contribution is 2.21. The van der Waals surface area contributed by atoms with Crippen molar-refractivity contribution in [2.45, 2.75) is 6.92 Å². The molecule has 4 rings (SSSR count). The molecule has 6 heteroatoms. The zero-order chi connectivity index (χ0) is 23.8. The number of rotatable bonds is 8. The van der Waals surface area contributed by atoms with Crippen LogP contribution in [0.3, 0.4) is 0 Å². The summed E-state index contributed by atoms with van der Waals surface area (Å²) >= 11 is 0. The first-order chi connectivity index (χ1) is 16.6. The number of para-hydroxylation sites is 2. The van der Waals surface area contributed by atoms with Crippen molar-refractivity contribution in [2.75, 3.05) is 22.6 Å². The van der Waals surface area contributed by atoms with Crippen molar-refractivity contribution in [2.24, 2.45) is 0 Å². The first kappa shape index (κ1) is 22.6. The van der Waals surface area contributed by atoms with Gasteiger partial charge in [-0.25, -0.2) is 0 Å². The summed E-state index contributed by atoms with van der Waals surface area (Å²) in [5, 5.41) is 8.94. The third-order valence-electron chi connectivity index (χ3n) is 5.01. The highest BCUT2D eigenvalue weighted by Gasteiger charge is 2.14. The van der Waals surface area contributed by atoms with Crippen molar-refractivity contribution >= 4 is 34.6 Å². The van der Waals surface area contributed by atoms with E-state index in [1.165, 1.54) is 0 Å². The standard InChI is InChI=1S/C28H25N3O3/c1-20-8-7-11-24(18-20)34-19-27(32)31-26-13-6-5-12-25(26)28(33)30-23-16-14-22(15-17-23)29-21-9-3-2-4-10-21/h2-18,29H,19H2,1H3,(H,30,33)(H,31,32). The zero-order valence-electron chi connectivity index (χ0n) is 18.7. The quantitative estimate of drug-likeness (QED) is 0.307. The van der Waals surface area contributed by atoms with E-state index in [0.29, 0.717) is 22.7 Å². The summed E-state index contributed by atoms with van der Waals surface area (Å²) in [7, 11) is 0. The van der Waals surface area contributed by atoms with Crippen LogP contribution in [0.25, 0.3) is 0 Å². The van der Waals surface area contributed by atoms with Crippen LogP contribution in [0.4, 0.5) is 22.7 Å². The van der Waals surface area contributed by atoms with Crippen LogP contribution in [-0.4, -0.2) is 18.4 Å². The lowest BCUT2D eigenvalue weighted by atomic mass is 10.1. The average molecular weight is 452 g/mol. The summed E-state index contributed by atoms with van der Waals surface area (Å²) in [4.78, 5) is 25.3. The van der Waals surface area contributed by atoms with Crippen molar-refractivity contribution in [1.29, 1.82) is 0 Å². The van der Waals surface area contributed by atoms with Gasteiger partial charge in [0.25, 0.3) is 11.8 Å². The fourth-order valence-corrected chi connectivity index (χ4v) is 3.35. The topological polar surface area (TPSA) is 79.5 Å². The van der Waals surface area contributed by atoms with E-state index in [1.54, 1.807) is 30.3 Å². The Morgan fingerprint density at radius 3 is 2.15 bits per heavy atom. The minimum Gasteiger partial charge on any atom is -0.484 e. The highest BCUT2D eigenvalue weighted by atomic mass is 16.5. The number of nitrogens with one attached hydrogen (secondary N) is 3. The molecule has 3 N–H and O–H groups in total. The van der Waals surface area contributed by atoms with Gasteiger partial charge in [-0.15, -0.1) is 0 Å². The molecule has 4 aromatic rings. The fraction of sp³-hybridized carbons (Fsp3) is 0.0714. The molecule has 0 fully saturated rings. The molecule has 2 amide bonds. The van der Waals surface area contributed by atoms with Crippen molar-refractivity contribution in [3.63, 3.8) is 0 Å². The van der Waals surface area contributed by atoms with E-state index in [0.717, 1.165) is 16.9 Å². The second-order valence-electron chi connectivity index (χ2n) is 7.72. The maximum atomic E-state index is 12.9. The largest absolute Gasteiger partial charge is 0.484 e. The van der Waals surface area contributed by atoms with Gasteiger partial charge in [-0.3, -0.25) is 9.59 Å². The molecule has 0 unspecified atom stereocenters. The second-order valence-corrected chi connectivity index (χ2v) is 7.72. The Bertz CT molecular complexity index is 1270. The van der Waals surface area contributed by atoms with Crippen LogP contribution in [0.15, 0.2) is 103 Å². The Morgan fingerprint density at radius 1 is 0.706 bits per heavy atom. The van der Waals surface area contributed by atoms with Crippen LogP contribution in [0, 0.1) is 6.92 Å². The van der Waals surface area contributed by atoms with Gasteiger partial charge < -0.3 is 20.7 Å². The molecule has 0 aromatic heterocycles. The number of anilines is 4. The third kappa shape index (κ3) is 6.23. The van der Waals surface area contributed by atoms with Gasteiger partial charge in [0.1, 0.15) is 5.75 Å². The number of aryl methyl sites for hydroxylation is 1. The molecule has 4 aromatic carbocycles. The monoisotopic (exact) mass is 451 g/mol. The molecule has 0 spiro atoms. The molecule has 0 aliphatic heterocycles. The summed E-state index contributed by atoms with van der Waals surface area (Å²) < 4.78 is 5.55. The summed E-state index contributed by atoms with van der Waals surface area (Å²) in [5.41, 5.74) is 4.36. The van der Waals surface area contributed by atoms with Crippen LogP contribution >= 0.6 is 0 Å². The molecule has 170 valence electrons. The lowest BCUT2D eigenvalue weighted by molar-refractivity contribution is -0.118. The first-order valence-electron chi connectivity index (χ1n) is 10.9. The van der Waals surface area contributed by atoms with Crippen molar-refractivity contribution in [1.82, 2.24) is 0 Å². The number of hydrogen-bond acceptors (Lipinski definition) is 4. The van der Waals surface area contributed by atoms with Gasteiger partial charge in [-0.2, -0.15) is 0 Å². The van der Waals surface area contributed by atoms with E-state index < -0.39 is 0 Å². The predicted molar refractivity (Wildman–Crippen MR) is 136 cm³/mol. The number of carbonyl (C=O) groups is 2. The molecule has 0 heterocycles. The maximum absolute atomic E-state index is 12.9. The van der Waals surface area contributed by atoms with E-state index >= 15 is 0 Å². The molecule has 0 aliphatic carbocycles. The van der Waals surface area contributed by atoms with Gasteiger partial charge in [-0.05, 0) is 73.2 Å². The Kier molecular flexibility index (Phi) is 7.20. The summed E-state index contributed by atoms with van der Waals surface area (Å²) in [6.45, 7) is 1.80. The molecule has 0 saturated heterocycles. The Balaban J connectivity index is 1.36. The van der Waals surface area contributed by atoms with E-state index in [9.17, 15) is 9.59 Å². The van der Waals surface area contributed by atoms with Gasteiger partial charge in [-0.1, -0.05) is 42.5 Å². The molecule has 6 nitrogen and oxygen atoms in total. The van der Waals surface area contributed by atoms with Crippen molar-refractivity contribution < 1.29 is 14.3 Å². The molecule has 0 aliphatic rings. The second kappa shape index (κ2) is 10.8. The van der Waals surface area contributed by atoms with Crippen LogP contribution in [0.2, 0.25) is 0 Å². The number of benzene rings is 4. The van der Waals surface area contributed by atoms with Gasteiger partial charge in [0.2, 0.25) is 0 Å². The lowest BCUT2D eigenvalue weighted by Crippen LogP contribution is -2.22.